The second kappa shape index (κ2) is 4.88. The van der Waals surface area contributed by atoms with E-state index in [1.165, 1.54) is 0 Å². The van der Waals surface area contributed by atoms with Crippen LogP contribution in [0.2, 0.25) is 0 Å². The Bertz CT molecular complexity index is 303. The van der Waals surface area contributed by atoms with Crippen molar-refractivity contribution >= 4 is 5.82 Å². The summed E-state index contributed by atoms with van der Waals surface area (Å²) in [6.07, 6.45) is 0. The van der Waals surface area contributed by atoms with Crippen molar-refractivity contribution in [2.24, 2.45) is 5.73 Å². The molecule has 4 N–H and O–H groups in total. The summed E-state index contributed by atoms with van der Waals surface area (Å²) < 4.78 is 0. The molecular formula is C9H16N4O. The molecule has 5 heteroatoms. The van der Waals surface area contributed by atoms with Crippen molar-refractivity contribution in [3.05, 3.63) is 17.6 Å². The molecule has 1 atom stereocenters. The molecule has 0 saturated heterocycles. The third kappa shape index (κ3) is 2.93. The summed E-state index contributed by atoms with van der Waals surface area (Å²) in [6.45, 7) is 4.15. The second-order valence-corrected chi connectivity index (χ2v) is 3.22. The Labute approximate surface area is 83.4 Å². The molecule has 0 radical (unpaired) electrons. The van der Waals surface area contributed by atoms with Crippen molar-refractivity contribution in [2.45, 2.75) is 26.4 Å². The molecule has 1 unspecified atom stereocenters. The number of aliphatic hydroxyl groups excluding tert-OH is 1. The number of nitrogens with one attached hydrogen (secondary N) is 1. The normalized spacial score (nSPS) is 12.6. The van der Waals surface area contributed by atoms with Crippen molar-refractivity contribution in [2.75, 3.05) is 11.9 Å². The van der Waals surface area contributed by atoms with Gasteiger partial charge < -0.3 is 16.2 Å². The highest BCUT2D eigenvalue weighted by Crippen LogP contribution is 2.07. The average molecular weight is 196 g/mol. The first-order chi connectivity index (χ1) is 6.65. The van der Waals surface area contributed by atoms with Gasteiger partial charge in [-0.2, -0.15) is 0 Å². The quantitative estimate of drug-likeness (QED) is 0.633. The molecule has 1 aromatic rings. The summed E-state index contributed by atoms with van der Waals surface area (Å²) in [7, 11) is 0. The Kier molecular flexibility index (Phi) is 3.79. The van der Waals surface area contributed by atoms with Crippen LogP contribution in [0.25, 0.3) is 0 Å². The lowest BCUT2D eigenvalue weighted by molar-refractivity contribution is 0.281. The van der Waals surface area contributed by atoms with E-state index >= 15 is 0 Å². The highest BCUT2D eigenvalue weighted by molar-refractivity contribution is 5.36. The molecule has 0 aliphatic heterocycles. The molecule has 0 aliphatic carbocycles. The largest absolute Gasteiger partial charge is 0.394 e. The predicted molar refractivity (Wildman–Crippen MR) is 54.8 cm³/mol. The Morgan fingerprint density at radius 1 is 1.57 bits per heavy atom. The lowest BCUT2D eigenvalue weighted by Crippen LogP contribution is -2.20. The molecule has 78 valence electrons. The lowest BCUT2D eigenvalue weighted by Gasteiger charge is -2.12. The molecule has 0 amide bonds. The molecular weight excluding hydrogens is 180 g/mol. The van der Waals surface area contributed by atoms with Crippen molar-refractivity contribution in [3.8, 4) is 0 Å². The standard InChI is InChI=1S/C9H16N4O/c1-6(5-14)11-9-3-8(4-10)12-7(2)13-9/h3,6,14H,4-5,10H2,1-2H3,(H,11,12,13). The van der Waals surface area contributed by atoms with Gasteiger partial charge in [-0.1, -0.05) is 0 Å². The number of rotatable bonds is 4. The Morgan fingerprint density at radius 3 is 2.86 bits per heavy atom. The van der Waals surface area contributed by atoms with E-state index in [0.29, 0.717) is 18.2 Å². The van der Waals surface area contributed by atoms with Gasteiger partial charge in [0.2, 0.25) is 0 Å². The summed E-state index contributed by atoms with van der Waals surface area (Å²) in [6, 6.07) is 1.77. The number of hydrogen-bond donors (Lipinski definition) is 3. The van der Waals surface area contributed by atoms with E-state index < -0.39 is 0 Å². The minimum absolute atomic E-state index is 0.0186. The van der Waals surface area contributed by atoms with Gasteiger partial charge in [-0.25, -0.2) is 9.97 Å². The minimum atomic E-state index is -0.0186. The number of nitrogens with two attached hydrogens (primary N) is 1. The van der Waals surface area contributed by atoms with Crippen LogP contribution in [0.5, 0.6) is 0 Å². The van der Waals surface area contributed by atoms with E-state index in [4.69, 9.17) is 10.8 Å². The van der Waals surface area contributed by atoms with Gasteiger partial charge in [-0.15, -0.1) is 0 Å². The smallest absolute Gasteiger partial charge is 0.130 e. The summed E-state index contributed by atoms with van der Waals surface area (Å²) in [5.74, 6) is 1.39. The minimum Gasteiger partial charge on any atom is -0.394 e. The van der Waals surface area contributed by atoms with Gasteiger partial charge in [0.05, 0.1) is 12.3 Å². The van der Waals surface area contributed by atoms with Gasteiger partial charge in [0.1, 0.15) is 11.6 Å². The van der Waals surface area contributed by atoms with E-state index in [-0.39, 0.29) is 12.6 Å². The SMILES string of the molecule is Cc1nc(CN)cc(NC(C)CO)n1. The molecule has 1 rings (SSSR count). The van der Waals surface area contributed by atoms with Gasteiger partial charge in [0.15, 0.2) is 0 Å². The van der Waals surface area contributed by atoms with Crippen LogP contribution < -0.4 is 11.1 Å². The highest BCUT2D eigenvalue weighted by atomic mass is 16.3. The van der Waals surface area contributed by atoms with Crippen molar-refractivity contribution in [3.63, 3.8) is 0 Å². The van der Waals surface area contributed by atoms with Crippen molar-refractivity contribution in [1.82, 2.24) is 9.97 Å². The van der Waals surface area contributed by atoms with Gasteiger partial charge in [-0.3, -0.25) is 0 Å². The van der Waals surface area contributed by atoms with E-state index in [9.17, 15) is 0 Å². The Morgan fingerprint density at radius 2 is 2.29 bits per heavy atom. The zero-order valence-corrected chi connectivity index (χ0v) is 8.49. The highest BCUT2D eigenvalue weighted by Gasteiger charge is 2.03. The summed E-state index contributed by atoms with van der Waals surface area (Å²) in [4.78, 5) is 8.33. The first kappa shape index (κ1) is 10.9. The topological polar surface area (TPSA) is 84.1 Å². The first-order valence-electron chi connectivity index (χ1n) is 4.57. The van der Waals surface area contributed by atoms with Crippen molar-refractivity contribution < 1.29 is 5.11 Å². The monoisotopic (exact) mass is 196 g/mol. The summed E-state index contributed by atoms with van der Waals surface area (Å²) >= 11 is 0. The lowest BCUT2D eigenvalue weighted by atomic mass is 10.3. The van der Waals surface area contributed by atoms with Gasteiger partial charge in [0, 0.05) is 18.7 Å². The van der Waals surface area contributed by atoms with E-state index in [0.717, 1.165) is 5.69 Å². The van der Waals surface area contributed by atoms with Crippen LogP contribution in [0.4, 0.5) is 5.82 Å². The van der Waals surface area contributed by atoms with Gasteiger partial charge in [0.25, 0.3) is 0 Å². The number of aliphatic hydroxyl groups is 1. The number of nitrogens with zero attached hydrogens (tertiary/aromatic N) is 2. The first-order valence-corrected chi connectivity index (χ1v) is 4.57. The Balaban J connectivity index is 2.81. The number of aromatic nitrogens is 2. The van der Waals surface area contributed by atoms with Crippen LogP contribution in [0, 0.1) is 6.92 Å². The molecule has 0 aromatic carbocycles. The third-order valence-electron chi connectivity index (χ3n) is 1.77. The van der Waals surface area contributed by atoms with Gasteiger partial charge in [-0.05, 0) is 13.8 Å². The van der Waals surface area contributed by atoms with Gasteiger partial charge >= 0.3 is 0 Å². The Hall–Kier alpha value is -1.20. The zero-order chi connectivity index (χ0) is 10.6. The molecule has 1 heterocycles. The summed E-state index contributed by atoms with van der Waals surface area (Å²) in [5.41, 5.74) is 6.28. The molecule has 0 saturated carbocycles. The molecule has 0 bridgehead atoms. The maximum Gasteiger partial charge on any atom is 0.130 e. The average Bonchev–Trinajstić information content (AvgIpc) is 2.16. The molecule has 5 nitrogen and oxygen atoms in total. The van der Waals surface area contributed by atoms with E-state index in [2.05, 4.69) is 15.3 Å². The fourth-order valence-corrected chi connectivity index (χ4v) is 1.11. The van der Waals surface area contributed by atoms with Crippen LogP contribution in [-0.4, -0.2) is 27.7 Å². The van der Waals surface area contributed by atoms with E-state index in [1.54, 1.807) is 6.07 Å². The third-order valence-corrected chi connectivity index (χ3v) is 1.77. The zero-order valence-electron chi connectivity index (χ0n) is 8.49. The maximum absolute atomic E-state index is 8.86. The fourth-order valence-electron chi connectivity index (χ4n) is 1.11. The second-order valence-electron chi connectivity index (χ2n) is 3.22. The number of hydrogen-bond acceptors (Lipinski definition) is 5. The van der Waals surface area contributed by atoms with Crippen molar-refractivity contribution in [1.29, 1.82) is 0 Å². The predicted octanol–water partition coefficient (Wildman–Crippen LogP) is 0.0364. The maximum atomic E-state index is 8.86. The van der Waals surface area contributed by atoms with Crippen LogP contribution >= 0.6 is 0 Å². The van der Waals surface area contributed by atoms with Crippen LogP contribution in [0.3, 0.4) is 0 Å². The molecule has 0 fully saturated rings. The molecule has 14 heavy (non-hydrogen) atoms. The van der Waals surface area contributed by atoms with Crippen LogP contribution in [0.15, 0.2) is 6.07 Å². The fraction of sp³-hybridized carbons (Fsp3) is 0.556. The molecule has 0 spiro atoms. The van der Waals surface area contributed by atoms with E-state index in [1.807, 2.05) is 13.8 Å². The van der Waals surface area contributed by atoms with Crippen LogP contribution in [0.1, 0.15) is 18.4 Å². The van der Waals surface area contributed by atoms with Crippen LogP contribution in [-0.2, 0) is 6.54 Å². The summed E-state index contributed by atoms with van der Waals surface area (Å²) in [5, 5.41) is 11.9. The molecule has 1 aromatic heterocycles. The number of anilines is 1. The number of aryl methyl sites for hydroxylation is 1. The molecule has 0 aliphatic rings.